The van der Waals surface area contributed by atoms with Gasteiger partial charge in [0, 0.05) is 49.0 Å². The van der Waals surface area contributed by atoms with E-state index in [9.17, 15) is 9.18 Å². The van der Waals surface area contributed by atoms with Crippen molar-refractivity contribution in [3.63, 3.8) is 0 Å². The summed E-state index contributed by atoms with van der Waals surface area (Å²) in [4.78, 5) is 21.7. The SMILES string of the molecule is C#CC(C=C)=C(C=C(C)F)C1=NC(C(N(CC2CNCC2F)C(=O)C2CCCO2)C(C)(C)C)=C(Cc2ccccc2)CCCC1. The Morgan fingerprint density at radius 2 is 1.96 bits per heavy atom. The van der Waals surface area contributed by atoms with E-state index in [0.717, 1.165) is 42.5 Å². The number of nitrogens with zero attached hydrogens (tertiary/aromatic N) is 2. The van der Waals surface area contributed by atoms with Crippen LogP contribution in [0.25, 0.3) is 0 Å². The van der Waals surface area contributed by atoms with Crippen molar-refractivity contribution in [2.45, 2.75) is 91.0 Å². The Morgan fingerprint density at radius 1 is 1.22 bits per heavy atom. The number of allylic oxidation sites excluding steroid dienone is 6. The molecule has 0 spiro atoms. The molecule has 1 aromatic carbocycles. The van der Waals surface area contributed by atoms with E-state index in [1.54, 1.807) is 6.08 Å². The molecule has 0 aromatic heterocycles. The highest BCUT2D eigenvalue weighted by atomic mass is 19.1. The third-order valence-electron chi connectivity index (χ3n) is 8.89. The second-order valence-corrected chi connectivity index (χ2v) is 13.5. The van der Waals surface area contributed by atoms with Gasteiger partial charge >= 0.3 is 0 Å². The van der Waals surface area contributed by atoms with Gasteiger partial charge in [-0.2, -0.15) is 0 Å². The van der Waals surface area contributed by atoms with Gasteiger partial charge in [-0.05, 0) is 74.5 Å². The molecule has 1 aromatic rings. The van der Waals surface area contributed by atoms with E-state index in [0.29, 0.717) is 49.3 Å². The van der Waals surface area contributed by atoms with E-state index in [2.05, 4.69) is 50.7 Å². The van der Waals surface area contributed by atoms with Crippen molar-refractivity contribution in [2.75, 3.05) is 26.2 Å². The topological polar surface area (TPSA) is 53.9 Å². The van der Waals surface area contributed by atoms with Crippen molar-refractivity contribution in [1.82, 2.24) is 10.2 Å². The number of terminal acetylenes is 1. The lowest BCUT2D eigenvalue weighted by atomic mass is 9.79. The van der Waals surface area contributed by atoms with E-state index in [4.69, 9.17) is 16.2 Å². The number of carbonyl (C=O) groups excluding carboxylic acids is 1. The number of benzene rings is 1. The molecule has 45 heavy (non-hydrogen) atoms. The van der Waals surface area contributed by atoms with Crippen LogP contribution in [0.4, 0.5) is 8.78 Å². The third-order valence-corrected chi connectivity index (χ3v) is 8.89. The molecule has 0 aliphatic carbocycles. The molecule has 0 saturated carbocycles. The van der Waals surface area contributed by atoms with Gasteiger partial charge in [0.2, 0.25) is 0 Å². The highest BCUT2D eigenvalue weighted by Crippen LogP contribution is 2.39. The minimum Gasteiger partial charge on any atom is -0.368 e. The molecule has 0 radical (unpaired) electrons. The molecular formula is C38H49F2N3O2. The monoisotopic (exact) mass is 617 g/mol. The molecule has 7 heteroatoms. The van der Waals surface area contributed by atoms with Gasteiger partial charge in [-0.3, -0.25) is 9.79 Å². The first kappa shape index (κ1) is 34.5. The largest absolute Gasteiger partial charge is 0.368 e. The first-order chi connectivity index (χ1) is 21.5. The molecule has 2 saturated heterocycles. The van der Waals surface area contributed by atoms with Gasteiger partial charge in [0.1, 0.15) is 12.3 Å². The smallest absolute Gasteiger partial charge is 0.252 e. The first-order valence-electron chi connectivity index (χ1n) is 16.3. The predicted molar refractivity (Wildman–Crippen MR) is 179 cm³/mol. The molecule has 2 fully saturated rings. The van der Waals surface area contributed by atoms with Crippen LogP contribution in [0.15, 0.2) is 82.3 Å². The number of amides is 1. The van der Waals surface area contributed by atoms with Crippen LogP contribution < -0.4 is 5.32 Å². The fraction of sp³-hybridized carbons (Fsp3) is 0.526. The van der Waals surface area contributed by atoms with Crippen molar-refractivity contribution in [2.24, 2.45) is 16.3 Å². The summed E-state index contributed by atoms with van der Waals surface area (Å²) < 4.78 is 35.7. The Balaban J connectivity index is 1.99. The molecule has 3 heterocycles. The second-order valence-electron chi connectivity index (χ2n) is 13.5. The predicted octanol–water partition coefficient (Wildman–Crippen LogP) is 7.47. The molecule has 4 rings (SSSR count). The average Bonchev–Trinajstić information content (AvgIpc) is 3.67. The molecule has 0 bridgehead atoms. The van der Waals surface area contributed by atoms with Crippen molar-refractivity contribution < 1.29 is 18.3 Å². The van der Waals surface area contributed by atoms with Gasteiger partial charge in [-0.1, -0.05) is 69.7 Å². The number of hydrogen-bond acceptors (Lipinski definition) is 4. The van der Waals surface area contributed by atoms with Gasteiger partial charge in [0.05, 0.1) is 17.6 Å². The lowest BCUT2D eigenvalue weighted by molar-refractivity contribution is -0.145. The maximum absolute atomic E-state index is 15.2. The van der Waals surface area contributed by atoms with Crippen LogP contribution in [0.1, 0.15) is 71.8 Å². The van der Waals surface area contributed by atoms with Crippen molar-refractivity contribution >= 4 is 11.6 Å². The Hall–Kier alpha value is -3.34. The van der Waals surface area contributed by atoms with E-state index in [-0.39, 0.29) is 30.7 Å². The molecule has 3 aliphatic heterocycles. The fourth-order valence-corrected chi connectivity index (χ4v) is 6.71. The summed E-state index contributed by atoms with van der Waals surface area (Å²) in [7, 11) is 0. The summed E-state index contributed by atoms with van der Waals surface area (Å²) in [6.45, 7) is 13.1. The minimum atomic E-state index is -1.06. The van der Waals surface area contributed by atoms with Crippen LogP contribution in [-0.2, 0) is 16.0 Å². The van der Waals surface area contributed by atoms with Gasteiger partial charge in [0.15, 0.2) is 0 Å². The highest BCUT2D eigenvalue weighted by Gasteiger charge is 2.43. The highest BCUT2D eigenvalue weighted by molar-refractivity contribution is 6.05. The van der Waals surface area contributed by atoms with E-state index in [1.165, 1.54) is 13.0 Å². The number of hydrogen-bond donors (Lipinski definition) is 1. The van der Waals surface area contributed by atoms with E-state index in [1.807, 2.05) is 23.1 Å². The summed E-state index contributed by atoms with van der Waals surface area (Å²) in [5, 5.41) is 3.16. The van der Waals surface area contributed by atoms with Crippen LogP contribution in [0.2, 0.25) is 0 Å². The fourth-order valence-electron chi connectivity index (χ4n) is 6.71. The number of nitrogens with one attached hydrogen (secondary N) is 1. The maximum atomic E-state index is 15.2. The number of alkyl halides is 1. The van der Waals surface area contributed by atoms with Gasteiger partial charge in [-0.25, -0.2) is 8.78 Å². The van der Waals surface area contributed by atoms with Crippen LogP contribution in [0.5, 0.6) is 0 Å². The molecule has 1 amide bonds. The summed E-state index contributed by atoms with van der Waals surface area (Å²) in [5.74, 6) is 1.81. The van der Waals surface area contributed by atoms with Crippen molar-refractivity contribution in [1.29, 1.82) is 0 Å². The molecule has 5 nitrogen and oxygen atoms in total. The van der Waals surface area contributed by atoms with Crippen LogP contribution in [-0.4, -0.2) is 61.1 Å². The Morgan fingerprint density at radius 3 is 2.53 bits per heavy atom. The zero-order chi connectivity index (χ0) is 32.6. The van der Waals surface area contributed by atoms with Crippen LogP contribution in [0.3, 0.4) is 0 Å². The molecule has 1 N–H and O–H groups in total. The van der Waals surface area contributed by atoms with Gasteiger partial charge in [-0.15, -0.1) is 6.42 Å². The first-order valence-corrected chi connectivity index (χ1v) is 16.3. The molecule has 242 valence electrons. The summed E-state index contributed by atoms with van der Waals surface area (Å²) in [6, 6.07) is 9.74. The summed E-state index contributed by atoms with van der Waals surface area (Å²) >= 11 is 0. The van der Waals surface area contributed by atoms with Crippen molar-refractivity contribution in [3.8, 4) is 12.3 Å². The maximum Gasteiger partial charge on any atom is 0.252 e. The lowest BCUT2D eigenvalue weighted by Crippen LogP contribution is -2.54. The molecule has 3 aliphatic rings. The van der Waals surface area contributed by atoms with E-state index < -0.39 is 23.7 Å². The van der Waals surface area contributed by atoms with Gasteiger partial charge in [0.25, 0.3) is 5.91 Å². The standard InChI is InChI=1S/C38H49F2N3O2/c1-7-28(8-2)31(21-26(3)39)33-18-13-12-17-29(22-27-15-10-9-11-16-27)35(42-33)36(38(4,5)6)43(25-30-23-41-24-32(30)40)37(44)34-19-14-20-45-34/h1,8-11,15-16,21,30,32,34,36,41H,2,12-14,17-20,22-25H2,3-6H3. The Kier molecular flexibility index (Phi) is 12.1. The Bertz CT molecular complexity index is 1370. The van der Waals surface area contributed by atoms with Crippen LogP contribution >= 0.6 is 0 Å². The normalized spacial score (nSPS) is 24.2. The molecule has 4 unspecified atom stereocenters. The zero-order valence-corrected chi connectivity index (χ0v) is 27.4. The Labute approximate surface area is 268 Å². The average molecular weight is 618 g/mol. The number of rotatable bonds is 10. The number of aliphatic imine (C=N–C) groups is 1. The van der Waals surface area contributed by atoms with E-state index >= 15 is 4.39 Å². The van der Waals surface area contributed by atoms with Crippen LogP contribution in [0, 0.1) is 23.7 Å². The third kappa shape index (κ3) is 8.89. The summed E-state index contributed by atoms with van der Waals surface area (Å²) in [6.07, 6.45) is 12.5. The molecular weight excluding hydrogens is 568 g/mol. The second kappa shape index (κ2) is 15.8. The van der Waals surface area contributed by atoms with Crippen molar-refractivity contribution in [3.05, 3.63) is 82.9 Å². The lowest BCUT2D eigenvalue weighted by Gasteiger charge is -2.44. The number of halogens is 2. The number of ether oxygens (including phenoxy) is 1. The minimum absolute atomic E-state index is 0.123. The molecule has 4 atom stereocenters. The quantitative estimate of drug-likeness (QED) is 0.219. The number of carbonyl (C=O) groups is 1. The van der Waals surface area contributed by atoms with Gasteiger partial charge < -0.3 is 15.0 Å². The zero-order valence-electron chi connectivity index (χ0n) is 27.4. The summed E-state index contributed by atoms with van der Waals surface area (Å²) in [5.41, 5.74) is 4.21.